The van der Waals surface area contributed by atoms with Crippen molar-refractivity contribution in [2.24, 2.45) is 0 Å². The van der Waals surface area contributed by atoms with Gasteiger partial charge >= 0.3 is 0 Å². The Bertz CT molecular complexity index is 504. The molecule has 2 unspecified atom stereocenters. The van der Waals surface area contributed by atoms with Crippen molar-refractivity contribution in [3.8, 4) is 0 Å². The quantitative estimate of drug-likeness (QED) is 0.674. The number of anilines is 1. The molecule has 0 saturated carbocycles. The van der Waals surface area contributed by atoms with E-state index in [4.69, 9.17) is 4.74 Å². The van der Waals surface area contributed by atoms with Crippen LogP contribution in [0.2, 0.25) is 0 Å². The number of nitrogens with zero attached hydrogens (tertiary/aromatic N) is 1. The van der Waals surface area contributed by atoms with Crippen LogP contribution >= 0.6 is 0 Å². The Morgan fingerprint density at radius 3 is 2.95 bits per heavy atom. The normalized spacial score (nSPS) is 26.2. The first kappa shape index (κ1) is 14.8. The van der Waals surface area contributed by atoms with Gasteiger partial charge in [-0.3, -0.25) is 10.1 Å². The molecule has 1 fully saturated rings. The molecular formula is C15H22N2O3. The van der Waals surface area contributed by atoms with Crippen LogP contribution in [0, 0.1) is 17.0 Å². The van der Waals surface area contributed by atoms with Gasteiger partial charge in [-0.05, 0) is 39.2 Å². The third-order valence-corrected chi connectivity index (χ3v) is 4.20. The van der Waals surface area contributed by atoms with Crippen LogP contribution in [0.15, 0.2) is 18.2 Å². The maximum absolute atomic E-state index is 11.0. The molecule has 0 spiro atoms. The lowest BCUT2D eigenvalue weighted by atomic mass is 9.89. The summed E-state index contributed by atoms with van der Waals surface area (Å²) in [6.07, 6.45) is 2.82. The Morgan fingerprint density at radius 1 is 1.55 bits per heavy atom. The maximum Gasteiger partial charge on any atom is 0.274 e. The van der Waals surface area contributed by atoms with Crippen LogP contribution in [-0.2, 0) is 4.74 Å². The first-order chi connectivity index (χ1) is 9.45. The maximum atomic E-state index is 11.0. The van der Waals surface area contributed by atoms with Gasteiger partial charge in [0.2, 0.25) is 0 Å². The Kier molecular flexibility index (Phi) is 4.28. The summed E-state index contributed by atoms with van der Waals surface area (Å²) in [4.78, 5) is 10.6. The van der Waals surface area contributed by atoms with Crippen molar-refractivity contribution in [3.05, 3.63) is 33.9 Å². The number of rotatable bonds is 4. The van der Waals surface area contributed by atoms with Crippen molar-refractivity contribution in [2.75, 3.05) is 11.9 Å². The number of nitrogens with one attached hydrogen (secondary N) is 1. The second-order valence-corrected chi connectivity index (χ2v) is 5.69. The van der Waals surface area contributed by atoms with Crippen molar-refractivity contribution in [2.45, 2.75) is 51.7 Å². The third-order valence-electron chi connectivity index (χ3n) is 4.20. The Hall–Kier alpha value is -1.62. The molecule has 0 bridgehead atoms. The predicted molar refractivity (Wildman–Crippen MR) is 79.1 cm³/mol. The highest BCUT2D eigenvalue weighted by Gasteiger charge is 2.31. The molecule has 0 amide bonds. The summed E-state index contributed by atoms with van der Waals surface area (Å²) in [5.41, 5.74) is 1.62. The van der Waals surface area contributed by atoms with Gasteiger partial charge < -0.3 is 10.1 Å². The summed E-state index contributed by atoms with van der Waals surface area (Å²) in [5.74, 6) is 0. The molecule has 110 valence electrons. The first-order valence-corrected chi connectivity index (χ1v) is 7.09. The first-order valence-electron chi connectivity index (χ1n) is 7.09. The number of hydrogen-bond acceptors (Lipinski definition) is 4. The summed E-state index contributed by atoms with van der Waals surface area (Å²) in [6, 6.07) is 5.47. The molecule has 2 atom stereocenters. The molecule has 1 aromatic rings. The van der Waals surface area contributed by atoms with Crippen LogP contribution < -0.4 is 5.32 Å². The second-order valence-electron chi connectivity index (χ2n) is 5.69. The van der Waals surface area contributed by atoms with E-state index in [2.05, 4.69) is 19.2 Å². The number of nitro benzene ring substituents is 1. The van der Waals surface area contributed by atoms with E-state index in [1.54, 1.807) is 19.1 Å². The standard InChI is InChI=1S/C15H22N2O3/c1-4-15(3)10-12(8-9-20-15)16-13-6-5-7-14(11(13)2)17(18)19/h5-7,12,16H,4,8-10H2,1-3H3. The summed E-state index contributed by atoms with van der Waals surface area (Å²) in [6.45, 7) is 6.77. The molecular weight excluding hydrogens is 256 g/mol. The summed E-state index contributed by atoms with van der Waals surface area (Å²) in [7, 11) is 0. The van der Waals surface area contributed by atoms with E-state index >= 15 is 0 Å². The van der Waals surface area contributed by atoms with E-state index < -0.39 is 0 Å². The van der Waals surface area contributed by atoms with E-state index in [1.165, 1.54) is 0 Å². The van der Waals surface area contributed by atoms with Crippen molar-refractivity contribution < 1.29 is 9.66 Å². The van der Waals surface area contributed by atoms with Gasteiger partial charge in [0.25, 0.3) is 5.69 Å². The van der Waals surface area contributed by atoms with Gasteiger partial charge in [0.05, 0.1) is 10.5 Å². The average Bonchev–Trinajstić information content (AvgIpc) is 2.41. The minimum absolute atomic E-state index is 0.0927. The number of hydrogen-bond donors (Lipinski definition) is 1. The summed E-state index contributed by atoms with van der Waals surface area (Å²) < 4.78 is 5.83. The fourth-order valence-electron chi connectivity index (χ4n) is 2.70. The van der Waals surface area contributed by atoms with Gasteiger partial charge in [-0.1, -0.05) is 13.0 Å². The minimum Gasteiger partial charge on any atom is -0.382 e. The van der Waals surface area contributed by atoms with Gasteiger partial charge in [0.15, 0.2) is 0 Å². The third kappa shape index (κ3) is 3.10. The minimum atomic E-state index is -0.333. The van der Waals surface area contributed by atoms with Crippen molar-refractivity contribution >= 4 is 11.4 Å². The van der Waals surface area contributed by atoms with Crippen LogP contribution in [0.25, 0.3) is 0 Å². The molecule has 1 aliphatic heterocycles. The lowest BCUT2D eigenvalue weighted by Gasteiger charge is -2.38. The lowest BCUT2D eigenvalue weighted by Crippen LogP contribution is -2.41. The SMILES string of the molecule is CCC1(C)CC(Nc2cccc([N+](=O)[O-])c2C)CCO1. The Morgan fingerprint density at radius 2 is 2.30 bits per heavy atom. The van der Waals surface area contributed by atoms with Gasteiger partial charge in [0.1, 0.15) is 0 Å². The predicted octanol–water partition coefficient (Wildman–Crippen LogP) is 3.66. The molecule has 0 aromatic heterocycles. The Labute approximate surface area is 119 Å². The zero-order chi connectivity index (χ0) is 14.8. The monoisotopic (exact) mass is 278 g/mol. The van der Waals surface area contributed by atoms with Crippen molar-refractivity contribution in [1.82, 2.24) is 0 Å². The molecule has 1 aliphatic rings. The molecule has 1 aromatic carbocycles. The van der Waals surface area contributed by atoms with E-state index in [0.29, 0.717) is 11.6 Å². The van der Waals surface area contributed by atoms with Gasteiger partial charge in [-0.2, -0.15) is 0 Å². The highest BCUT2D eigenvalue weighted by Crippen LogP contribution is 2.31. The zero-order valence-electron chi connectivity index (χ0n) is 12.3. The molecule has 1 saturated heterocycles. The molecule has 5 nitrogen and oxygen atoms in total. The van der Waals surface area contributed by atoms with Crippen LogP contribution in [0.1, 0.15) is 38.7 Å². The van der Waals surface area contributed by atoms with Gasteiger partial charge in [0, 0.05) is 30.0 Å². The highest BCUT2D eigenvalue weighted by atomic mass is 16.6. The van der Waals surface area contributed by atoms with Crippen LogP contribution in [-0.4, -0.2) is 23.2 Å². The molecule has 5 heteroatoms. The van der Waals surface area contributed by atoms with Crippen molar-refractivity contribution in [1.29, 1.82) is 0 Å². The van der Waals surface area contributed by atoms with Crippen LogP contribution in [0.3, 0.4) is 0 Å². The molecule has 0 aliphatic carbocycles. The molecule has 1 heterocycles. The fraction of sp³-hybridized carbons (Fsp3) is 0.600. The lowest BCUT2D eigenvalue weighted by molar-refractivity contribution is -0.385. The number of ether oxygens (including phenoxy) is 1. The average molecular weight is 278 g/mol. The molecule has 20 heavy (non-hydrogen) atoms. The fourth-order valence-corrected chi connectivity index (χ4v) is 2.70. The summed E-state index contributed by atoms with van der Waals surface area (Å²) >= 11 is 0. The van der Waals surface area contributed by atoms with Crippen LogP contribution in [0.4, 0.5) is 11.4 Å². The van der Waals surface area contributed by atoms with Crippen molar-refractivity contribution in [3.63, 3.8) is 0 Å². The topological polar surface area (TPSA) is 64.4 Å². The van der Waals surface area contributed by atoms with Gasteiger partial charge in [-0.25, -0.2) is 0 Å². The van der Waals surface area contributed by atoms with Gasteiger partial charge in [-0.15, -0.1) is 0 Å². The number of nitro groups is 1. The smallest absolute Gasteiger partial charge is 0.274 e. The summed E-state index contributed by atoms with van der Waals surface area (Å²) in [5, 5.41) is 14.4. The highest BCUT2D eigenvalue weighted by molar-refractivity contribution is 5.60. The van der Waals surface area contributed by atoms with Crippen LogP contribution in [0.5, 0.6) is 0 Å². The molecule has 2 rings (SSSR count). The molecule has 1 N–H and O–H groups in total. The number of benzene rings is 1. The van der Waals surface area contributed by atoms with E-state index in [0.717, 1.165) is 31.6 Å². The molecule has 0 radical (unpaired) electrons. The largest absolute Gasteiger partial charge is 0.382 e. The van der Waals surface area contributed by atoms with E-state index in [9.17, 15) is 10.1 Å². The second kappa shape index (κ2) is 5.79. The van der Waals surface area contributed by atoms with E-state index in [1.807, 2.05) is 6.07 Å². The Balaban J connectivity index is 2.14. The zero-order valence-corrected chi connectivity index (χ0v) is 12.3. The van der Waals surface area contributed by atoms with E-state index in [-0.39, 0.29) is 16.2 Å².